The number of carbonyl (C=O) groups is 1. The zero-order chi connectivity index (χ0) is 5.70. The molecule has 2 heteroatoms. The van der Waals surface area contributed by atoms with Crippen molar-refractivity contribution in [1.82, 2.24) is 0 Å². The maximum absolute atomic E-state index is 9.87. The number of halogens is 1. The third-order valence-electron chi connectivity index (χ3n) is 0.797. The van der Waals surface area contributed by atoms with Crippen molar-refractivity contribution in [1.29, 1.82) is 0 Å². The Morgan fingerprint density at radius 3 is 2.57 bits per heavy atom. The van der Waals surface area contributed by atoms with Gasteiger partial charge in [-0.1, -0.05) is 22.9 Å². The lowest BCUT2D eigenvalue weighted by molar-refractivity contribution is -0.110. The summed E-state index contributed by atoms with van der Waals surface area (Å²) in [6.07, 6.45) is 1.92. The number of rotatable bonds is 3. The lowest BCUT2D eigenvalue weighted by Crippen LogP contribution is -1.94. The lowest BCUT2D eigenvalue weighted by atomic mass is 10.2. The Morgan fingerprint density at radius 2 is 2.43 bits per heavy atom. The molecule has 1 atom stereocenters. The Labute approximate surface area is 52.2 Å². The van der Waals surface area contributed by atoms with Crippen molar-refractivity contribution in [3.63, 3.8) is 0 Å². The zero-order valence-electron chi connectivity index (χ0n) is 4.36. The fraction of sp³-hybridized carbons (Fsp3) is 0.800. The summed E-state index contributed by atoms with van der Waals surface area (Å²) in [6, 6.07) is 0. The zero-order valence-corrected chi connectivity index (χ0v) is 5.94. The Balaban J connectivity index is 2.98. The molecule has 42 valence electrons. The van der Waals surface area contributed by atoms with E-state index in [1.54, 1.807) is 0 Å². The monoisotopic (exact) mass is 164 g/mol. The second kappa shape index (κ2) is 4.31. The summed E-state index contributed by atoms with van der Waals surface area (Å²) >= 11 is 3.23. The third kappa shape index (κ3) is 3.99. The van der Waals surface area contributed by atoms with Gasteiger partial charge in [-0.05, 0) is 6.42 Å². The molecule has 0 heterocycles. The number of aldehydes is 1. The van der Waals surface area contributed by atoms with Crippen LogP contribution in [0.2, 0.25) is 0 Å². The van der Waals surface area contributed by atoms with Crippen molar-refractivity contribution in [3.8, 4) is 0 Å². The van der Waals surface area contributed by atoms with E-state index < -0.39 is 0 Å². The molecule has 0 spiro atoms. The van der Waals surface area contributed by atoms with E-state index in [-0.39, 0.29) is 5.92 Å². The van der Waals surface area contributed by atoms with E-state index in [1.807, 2.05) is 6.92 Å². The number of hydrogen-bond donors (Lipinski definition) is 0. The SMILES string of the molecule is CC(C=O)CCBr. The molecule has 0 aromatic heterocycles. The van der Waals surface area contributed by atoms with E-state index in [0.717, 1.165) is 18.0 Å². The summed E-state index contributed by atoms with van der Waals surface area (Å²) in [5.74, 6) is 0.222. The fourth-order valence-corrected chi connectivity index (χ4v) is 0.962. The standard InChI is InChI=1S/C5H9BrO/c1-5(4-7)2-3-6/h4-5H,2-3H2,1H3. The lowest BCUT2D eigenvalue weighted by Gasteiger charge is -1.93. The van der Waals surface area contributed by atoms with E-state index in [2.05, 4.69) is 15.9 Å². The van der Waals surface area contributed by atoms with Crippen LogP contribution in [-0.2, 0) is 4.79 Å². The fourth-order valence-electron chi connectivity index (χ4n) is 0.240. The summed E-state index contributed by atoms with van der Waals surface area (Å²) in [4.78, 5) is 9.87. The molecule has 0 N–H and O–H groups in total. The molecule has 0 aliphatic carbocycles. The highest BCUT2D eigenvalue weighted by Crippen LogP contribution is 1.98. The highest BCUT2D eigenvalue weighted by molar-refractivity contribution is 9.09. The largest absolute Gasteiger partial charge is 0.303 e. The van der Waals surface area contributed by atoms with Gasteiger partial charge in [-0.2, -0.15) is 0 Å². The van der Waals surface area contributed by atoms with Crippen LogP contribution in [0.4, 0.5) is 0 Å². The van der Waals surface area contributed by atoms with Crippen LogP contribution in [-0.4, -0.2) is 11.6 Å². The maximum Gasteiger partial charge on any atom is 0.122 e. The van der Waals surface area contributed by atoms with E-state index >= 15 is 0 Å². The predicted octanol–water partition coefficient (Wildman–Crippen LogP) is 1.61. The predicted molar refractivity (Wildman–Crippen MR) is 33.6 cm³/mol. The van der Waals surface area contributed by atoms with E-state index in [4.69, 9.17) is 0 Å². The normalized spacial score (nSPS) is 13.4. The van der Waals surface area contributed by atoms with Crippen molar-refractivity contribution in [2.45, 2.75) is 13.3 Å². The van der Waals surface area contributed by atoms with Gasteiger partial charge < -0.3 is 4.79 Å². The number of alkyl halides is 1. The van der Waals surface area contributed by atoms with Gasteiger partial charge in [0, 0.05) is 11.2 Å². The smallest absolute Gasteiger partial charge is 0.122 e. The summed E-state index contributed by atoms with van der Waals surface area (Å²) in [5, 5.41) is 0.924. The molecule has 0 aromatic rings. The van der Waals surface area contributed by atoms with Crippen LogP contribution in [0.5, 0.6) is 0 Å². The van der Waals surface area contributed by atoms with E-state index in [1.165, 1.54) is 0 Å². The first-order valence-corrected chi connectivity index (χ1v) is 3.44. The molecule has 0 aromatic carbocycles. The third-order valence-corrected chi connectivity index (χ3v) is 1.25. The van der Waals surface area contributed by atoms with Gasteiger partial charge in [0.1, 0.15) is 6.29 Å². The quantitative estimate of drug-likeness (QED) is 0.458. The topological polar surface area (TPSA) is 17.1 Å². The minimum atomic E-state index is 0.222. The molecular weight excluding hydrogens is 156 g/mol. The van der Waals surface area contributed by atoms with Crippen molar-refractivity contribution in [2.24, 2.45) is 5.92 Å². The van der Waals surface area contributed by atoms with E-state index in [0.29, 0.717) is 0 Å². The van der Waals surface area contributed by atoms with Gasteiger partial charge in [-0.3, -0.25) is 0 Å². The van der Waals surface area contributed by atoms with Crippen LogP contribution in [0.25, 0.3) is 0 Å². The van der Waals surface area contributed by atoms with Gasteiger partial charge in [0.2, 0.25) is 0 Å². The van der Waals surface area contributed by atoms with Crippen LogP contribution in [0, 0.1) is 5.92 Å². The van der Waals surface area contributed by atoms with Crippen LogP contribution < -0.4 is 0 Å². The van der Waals surface area contributed by atoms with Crippen molar-refractivity contribution >= 4 is 22.2 Å². The van der Waals surface area contributed by atoms with Gasteiger partial charge >= 0.3 is 0 Å². The molecule has 0 aliphatic rings. The second-order valence-corrected chi connectivity index (χ2v) is 2.38. The summed E-state index contributed by atoms with van der Waals surface area (Å²) in [5.41, 5.74) is 0. The first-order valence-electron chi connectivity index (χ1n) is 2.32. The Hall–Kier alpha value is 0.150. The Kier molecular flexibility index (Phi) is 4.41. The summed E-state index contributed by atoms with van der Waals surface area (Å²) < 4.78 is 0. The molecular formula is C5H9BrO. The number of carbonyl (C=O) groups excluding carboxylic acids is 1. The average Bonchev–Trinajstić information content (AvgIpc) is 1.68. The van der Waals surface area contributed by atoms with Gasteiger partial charge in [-0.25, -0.2) is 0 Å². The minimum absolute atomic E-state index is 0.222. The molecule has 0 amide bonds. The highest BCUT2D eigenvalue weighted by atomic mass is 79.9. The molecule has 0 radical (unpaired) electrons. The molecule has 0 saturated heterocycles. The summed E-state index contributed by atoms with van der Waals surface area (Å²) in [6.45, 7) is 1.91. The highest BCUT2D eigenvalue weighted by Gasteiger charge is 1.94. The average molecular weight is 165 g/mol. The van der Waals surface area contributed by atoms with Gasteiger partial charge in [-0.15, -0.1) is 0 Å². The van der Waals surface area contributed by atoms with Crippen LogP contribution in [0.15, 0.2) is 0 Å². The van der Waals surface area contributed by atoms with Gasteiger partial charge in [0.05, 0.1) is 0 Å². The first-order chi connectivity index (χ1) is 3.31. The molecule has 0 fully saturated rings. The molecule has 0 saturated carbocycles. The number of hydrogen-bond acceptors (Lipinski definition) is 1. The molecule has 7 heavy (non-hydrogen) atoms. The first kappa shape index (κ1) is 7.15. The van der Waals surface area contributed by atoms with Crippen molar-refractivity contribution < 1.29 is 4.79 Å². The van der Waals surface area contributed by atoms with Crippen molar-refractivity contribution in [3.05, 3.63) is 0 Å². The minimum Gasteiger partial charge on any atom is -0.303 e. The van der Waals surface area contributed by atoms with Crippen LogP contribution >= 0.6 is 15.9 Å². The molecule has 0 bridgehead atoms. The summed E-state index contributed by atoms with van der Waals surface area (Å²) in [7, 11) is 0. The van der Waals surface area contributed by atoms with Crippen LogP contribution in [0.3, 0.4) is 0 Å². The van der Waals surface area contributed by atoms with Crippen LogP contribution in [0.1, 0.15) is 13.3 Å². The Morgan fingerprint density at radius 1 is 1.86 bits per heavy atom. The van der Waals surface area contributed by atoms with Gasteiger partial charge in [0.15, 0.2) is 0 Å². The van der Waals surface area contributed by atoms with Gasteiger partial charge in [0.25, 0.3) is 0 Å². The molecule has 1 nitrogen and oxygen atoms in total. The second-order valence-electron chi connectivity index (χ2n) is 1.59. The molecule has 1 unspecified atom stereocenters. The molecule has 0 rings (SSSR count). The van der Waals surface area contributed by atoms with Crippen molar-refractivity contribution in [2.75, 3.05) is 5.33 Å². The van der Waals surface area contributed by atoms with E-state index in [9.17, 15) is 4.79 Å². The Bertz CT molecular complexity index is 54.0. The molecule has 0 aliphatic heterocycles. The maximum atomic E-state index is 9.87.